The minimum absolute atomic E-state index is 0.224. The average molecular weight is 280 g/mol. The Labute approximate surface area is 106 Å². The third-order valence-electron chi connectivity index (χ3n) is 2.19. The number of benzene rings is 1. The van der Waals surface area contributed by atoms with E-state index in [2.05, 4.69) is 0 Å². The van der Waals surface area contributed by atoms with Gasteiger partial charge in [-0.2, -0.15) is 13.2 Å². The minimum atomic E-state index is -4.83. The normalized spacial score (nSPS) is 12.9. The molecule has 0 aliphatic carbocycles. The third-order valence-corrected chi connectivity index (χ3v) is 2.19. The summed E-state index contributed by atoms with van der Waals surface area (Å²) in [5.74, 6) is -1.45. The maximum atomic E-state index is 12.1. The van der Waals surface area contributed by atoms with Gasteiger partial charge in [0.15, 0.2) is 6.10 Å². The van der Waals surface area contributed by atoms with Crippen LogP contribution in [0.25, 0.3) is 0 Å². The van der Waals surface area contributed by atoms with Crippen molar-refractivity contribution in [3.63, 3.8) is 0 Å². The van der Waals surface area contributed by atoms with Crippen LogP contribution in [-0.4, -0.2) is 42.2 Å². The van der Waals surface area contributed by atoms with E-state index in [1.807, 2.05) is 0 Å². The Morgan fingerprint density at radius 2 is 2.05 bits per heavy atom. The first-order chi connectivity index (χ1) is 8.75. The van der Waals surface area contributed by atoms with Crippen molar-refractivity contribution in [2.75, 3.05) is 13.7 Å². The Bertz CT molecular complexity index is 458. The van der Waals surface area contributed by atoms with Gasteiger partial charge >= 0.3 is 12.1 Å². The first-order valence-electron chi connectivity index (χ1n) is 5.04. The largest absolute Gasteiger partial charge is 0.497 e. The zero-order valence-electron chi connectivity index (χ0n) is 9.77. The highest BCUT2D eigenvalue weighted by Gasteiger charge is 2.38. The summed E-state index contributed by atoms with van der Waals surface area (Å²) >= 11 is 0. The van der Waals surface area contributed by atoms with Crippen molar-refractivity contribution < 1.29 is 37.7 Å². The molecule has 0 amide bonds. The lowest BCUT2D eigenvalue weighted by Crippen LogP contribution is -2.34. The van der Waals surface area contributed by atoms with E-state index >= 15 is 0 Å². The topological polar surface area (TPSA) is 76.0 Å². The van der Waals surface area contributed by atoms with Gasteiger partial charge in [-0.25, -0.2) is 4.79 Å². The molecule has 0 aromatic heterocycles. The smallest absolute Gasteiger partial charge is 0.417 e. The number of ether oxygens (including phenoxy) is 2. The van der Waals surface area contributed by atoms with E-state index in [0.717, 1.165) is 12.1 Å². The molecule has 0 spiro atoms. The minimum Gasteiger partial charge on any atom is -0.497 e. The molecule has 0 aliphatic rings. The predicted octanol–water partition coefficient (Wildman–Crippen LogP) is 1.70. The molecule has 0 saturated heterocycles. The molecule has 0 aliphatic heterocycles. The summed E-state index contributed by atoms with van der Waals surface area (Å²) in [5, 5.41) is 17.6. The van der Waals surface area contributed by atoms with Gasteiger partial charge in [-0.1, -0.05) is 0 Å². The monoisotopic (exact) mass is 280 g/mol. The fourth-order valence-corrected chi connectivity index (χ4v) is 1.19. The summed E-state index contributed by atoms with van der Waals surface area (Å²) in [6, 6.07) is 3.60. The Hall–Kier alpha value is -1.96. The van der Waals surface area contributed by atoms with Gasteiger partial charge in [-0.05, 0) is 12.1 Å². The molecule has 5 nitrogen and oxygen atoms in total. The summed E-state index contributed by atoms with van der Waals surface area (Å²) in [7, 11) is 1.31. The summed E-state index contributed by atoms with van der Waals surface area (Å²) in [5.41, 5.74) is -0.324. The van der Waals surface area contributed by atoms with Crippen molar-refractivity contribution in [2.45, 2.75) is 12.3 Å². The van der Waals surface area contributed by atoms with E-state index in [9.17, 15) is 18.0 Å². The Morgan fingerprint density at radius 3 is 2.53 bits per heavy atom. The highest BCUT2D eigenvalue weighted by Crippen LogP contribution is 2.26. The van der Waals surface area contributed by atoms with Crippen molar-refractivity contribution in [3.8, 4) is 11.5 Å². The molecular formula is C11H11F3O5. The van der Waals surface area contributed by atoms with Crippen LogP contribution in [0.5, 0.6) is 11.5 Å². The number of hydrogen-bond donors (Lipinski definition) is 2. The number of aliphatic hydroxyl groups excluding tert-OH is 1. The lowest BCUT2D eigenvalue weighted by molar-refractivity contribution is -0.210. The summed E-state index contributed by atoms with van der Waals surface area (Å²) < 4.78 is 45.8. The second-order valence-corrected chi connectivity index (χ2v) is 3.54. The first kappa shape index (κ1) is 15.1. The van der Waals surface area contributed by atoms with E-state index in [1.165, 1.54) is 13.2 Å². The number of hydrogen-bond acceptors (Lipinski definition) is 4. The van der Waals surface area contributed by atoms with Gasteiger partial charge in [0.2, 0.25) is 0 Å². The van der Waals surface area contributed by atoms with E-state index in [-0.39, 0.29) is 17.1 Å². The molecule has 0 radical (unpaired) electrons. The molecule has 0 bridgehead atoms. The quantitative estimate of drug-likeness (QED) is 0.858. The number of aromatic carboxylic acids is 1. The first-order valence-corrected chi connectivity index (χ1v) is 5.04. The molecule has 8 heteroatoms. The zero-order valence-corrected chi connectivity index (χ0v) is 9.77. The summed E-state index contributed by atoms with van der Waals surface area (Å²) in [6.45, 7) is -1.10. The molecule has 2 N–H and O–H groups in total. The van der Waals surface area contributed by atoms with Crippen LogP contribution < -0.4 is 9.47 Å². The van der Waals surface area contributed by atoms with E-state index < -0.39 is 24.9 Å². The number of rotatable bonds is 5. The van der Waals surface area contributed by atoms with Crippen LogP contribution in [0.15, 0.2) is 18.2 Å². The van der Waals surface area contributed by atoms with Gasteiger partial charge in [0.1, 0.15) is 23.7 Å². The van der Waals surface area contributed by atoms with Gasteiger partial charge < -0.3 is 19.7 Å². The Balaban J connectivity index is 2.89. The summed E-state index contributed by atoms with van der Waals surface area (Å²) in [6.07, 6.45) is -7.53. The van der Waals surface area contributed by atoms with Crippen molar-refractivity contribution in [2.24, 2.45) is 0 Å². The number of carbonyl (C=O) groups is 1. The van der Waals surface area contributed by atoms with Crippen molar-refractivity contribution in [1.82, 2.24) is 0 Å². The molecule has 19 heavy (non-hydrogen) atoms. The van der Waals surface area contributed by atoms with Crippen LogP contribution in [0.2, 0.25) is 0 Å². The van der Waals surface area contributed by atoms with Gasteiger partial charge in [-0.15, -0.1) is 0 Å². The molecule has 106 valence electrons. The number of alkyl halides is 3. The van der Waals surface area contributed by atoms with Crippen LogP contribution in [-0.2, 0) is 0 Å². The molecule has 1 rings (SSSR count). The van der Waals surface area contributed by atoms with Gasteiger partial charge in [-0.3, -0.25) is 0 Å². The van der Waals surface area contributed by atoms with E-state index in [0.29, 0.717) is 0 Å². The van der Waals surface area contributed by atoms with Crippen LogP contribution in [0.3, 0.4) is 0 Å². The lowest BCUT2D eigenvalue weighted by Gasteiger charge is -2.16. The Kier molecular flexibility index (Phi) is 4.60. The van der Waals surface area contributed by atoms with Gasteiger partial charge in [0.05, 0.1) is 7.11 Å². The van der Waals surface area contributed by atoms with Crippen LogP contribution >= 0.6 is 0 Å². The van der Waals surface area contributed by atoms with Crippen molar-refractivity contribution in [3.05, 3.63) is 23.8 Å². The summed E-state index contributed by atoms with van der Waals surface area (Å²) in [4.78, 5) is 10.9. The van der Waals surface area contributed by atoms with Crippen molar-refractivity contribution in [1.29, 1.82) is 0 Å². The Morgan fingerprint density at radius 1 is 1.42 bits per heavy atom. The zero-order chi connectivity index (χ0) is 14.6. The van der Waals surface area contributed by atoms with Gasteiger partial charge in [0, 0.05) is 6.07 Å². The van der Waals surface area contributed by atoms with Crippen LogP contribution in [0.1, 0.15) is 10.4 Å². The fourth-order valence-electron chi connectivity index (χ4n) is 1.19. The predicted molar refractivity (Wildman–Crippen MR) is 57.5 cm³/mol. The second-order valence-electron chi connectivity index (χ2n) is 3.54. The maximum absolute atomic E-state index is 12.1. The molecule has 1 aromatic rings. The second kappa shape index (κ2) is 5.79. The van der Waals surface area contributed by atoms with Gasteiger partial charge in [0.25, 0.3) is 0 Å². The standard InChI is InChI=1S/C11H11F3O5/c1-18-6-2-3-7(10(16)17)8(4-6)19-5-9(15)11(12,13)14/h2-4,9,15H,5H2,1H3,(H,16,17). The average Bonchev–Trinajstić information content (AvgIpc) is 2.33. The maximum Gasteiger partial charge on any atom is 0.417 e. The highest BCUT2D eigenvalue weighted by molar-refractivity contribution is 5.91. The van der Waals surface area contributed by atoms with E-state index in [4.69, 9.17) is 19.7 Å². The molecule has 1 unspecified atom stereocenters. The molecule has 1 atom stereocenters. The number of methoxy groups -OCH3 is 1. The van der Waals surface area contributed by atoms with Crippen LogP contribution in [0, 0.1) is 0 Å². The molecule has 1 aromatic carbocycles. The lowest BCUT2D eigenvalue weighted by atomic mass is 10.2. The fraction of sp³-hybridized carbons (Fsp3) is 0.364. The highest BCUT2D eigenvalue weighted by atomic mass is 19.4. The number of carboxylic acids is 1. The molecule has 0 saturated carbocycles. The van der Waals surface area contributed by atoms with E-state index in [1.54, 1.807) is 0 Å². The molecule has 0 heterocycles. The number of aliphatic hydroxyl groups is 1. The molecule has 0 fully saturated rings. The third kappa shape index (κ3) is 4.02. The molecular weight excluding hydrogens is 269 g/mol. The SMILES string of the molecule is COc1ccc(C(=O)O)c(OCC(O)C(F)(F)F)c1. The number of carboxylic acid groups (broad SMARTS) is 1. The van der Waals surface area contributed by atoms with Crippen molar-refractivity contribution >= 4 is 5.97 Å². The number of halogens is 3. The van der Waals surface area contributed by atoms with Crippen LogP contribution in [0.4, 0.5) is 13.2 Å².